The third-order valence-electron chi connectivity index (χ3n) is 6.88. The zero-order chi connectivity index (χ0) is 26.5. The summed E-state index contributed by atoms with van der Waals surface area (Å²) in [4.78, 5) is 26.6. The monoisotopic (exact) mass is 575 g/mol. The predicted octanol–water partition coefficient (Wildman–Crippen LogP) is 5.70. The molecular weight excluding hydrogens is 546 g/mol. The first-order valence-electron chi connectivity index (χ1n) is 11.7. The summed E-state index contributed by atoms with van der Waals surface area (Å²) in [5.74, 6) is -1.45. The topological polar surface area (TPSA) is 91.7 Å². The highest BCUT2D eigenvalue weighted by molar-refractivity contribution is 9.10. The Kier molecular flexibility index (Phi) is 6.85. The normalized spacial score (nSPS) is 17.8. The molecule has 2 aromatic carbocycles. The summed E-state index contributed by atoms with van der Waals surface area (Å²) >= 11 is 3.51. The van der Waals surface area contributed by atoms with Gasteiger partial charge >= 0.3 is 12.1 Å². The van der Waals surface area contributed by atoms with Gasteiger partial charge in [-0.15, -0.1) is 0 Å². The quantitative estimate of drug-likeness (QED) is 0.371. The fourth-order valence-corrected chi connectivity index (χ4v) is 7.37. The Labute approximate surface area is 219 Å². The molecule has 1 aliphatic carbocycles. The van der Waals surface area contributed by atoms with Crippen molar-refractivity contribution in [3.05, 3.63) is 64.3 Å². The van der Waals surface area contributed by atoms with E-state index in [2.05, 4.69) is 15.9 Å². The molecule has 9 heteroatoms. The van der Waals surface area contributed by atoms with Gasteiger partial charge in [-0.3, -0.25) is 4.79 Å². The Morgan fingerprint density at radius 2 is 1.72 bits per heavy atom. The first kappa shape index (κ1) is 26.4. The fourth-order valence-electron chi connectivity index (χ4n) is 5.06. The number of ether oxygens (including phenoxy) is 2. The number of hydrogen-bond acceptors (Lipinski definition) is 6. The molecule has 7 nitrogen and oxygen atoms in total. The summed E-state index contributed by atoms with van der Waals surface area (Å²) < 4.78 is 39.1. The molecule has 0 saturated carbocycles. The zero-order valence-corrected chi connectivity index (χ0v) is 23.4. The highest BCUT2D eigenvalue weighted by atomic mass is 79.9. The number of carbonyl (C=O) groups is 2. The van der Waals surface area contributed by atoms with E-state index >= 15 is 0 Å². The molecule has 0 saturated heterocycles. The molecule has 1 heterocycles. The smallest absolute Gasteiger partial charge is 0.419 e. The van der Waals surface area contributed by atoms with Crippen LogP contribution in [-0.4, -0.2) is 42.5 Å². The number of aryl methyl sites for hydroxylation is 1. The molecule has 0 fully saturated rings. The van der Waals surface area contributed by atoms with Gasteiger partial charge in [-0.05, 0) is 88.8 Å². The number of carbonyl (C=O) groups excluding carboxylic acids is 2. The van der Waals surface area contributed by atoms with E-state index in [1.165, 1.54) is 30.7 Å². The molecule has 0 amide bonds. The molecule has 0 spiro atoms. The van der Waals surface area contributed by atoms with Crippen molar-refractivity contribution in [3.63, 3.8) is 0 Å². The summed E-state index contributed by atoms with van der Waals surface area (Å²) in [6.45, 7) is 6.82. The lowest BCUT2D eigenvalue weighted by molar-refractivity contribution is -0.145. The van der Waals surface area contributed by atoms with Crippen LogP contribution >= 0.6 is 15.9 Å². The highest BCUT2D eigenvalue weighted by Gasteiger charge is 2.55. The van der Waals surface area contributed by atoms with E-state index in [9.17, 15) is 18.0 Å². The number of sulfone groups is 1. The molecule has 0 aliphatic heterocycles. The van der Waals surface area contributed by atoms with Crippen molar-refractivity contribution in [1.29, 1.82) is 0 Å². The average molecular weight is 577 g/mol. The van der Waals surface area contributed by atoms with E-state index in [1.54, 1.807) is 39.0 Å². The summed E-state index contributed by atoms with van der Waals surface area (Å²) in [5, 5.41) is 0.898. The molecule has 0 bridgehead atoms. The Hall–Kier alpha value is -2.65. The van der Waals surface area contributed by atoms with Crippen LogP contribution in [0.3, 0.4) is 0 Å². The highest BCUT2D eigenvalue weighted by Crippen LogP contribution is 2.44. The van der Waals surface area contributed by atoms with E-state index in [4.69, 9.17) is 9.47 Å². The third-order valence-corrected chi connectivity index (χ3v) is 9.89. The van der Waals surface area contributed by atoms with Crippen LogP contribution in [0.1, 0.15) is 45.4 Å². The minimum Gasteiger partial charge on any atom is -0.468 e. The maximum Gasteiger partial charge on any atom is 0.419 e. The third kappa shape index (κ3) is 4.36. The van der Waals surface area contributed by atoms with Crippen molar-refractivity contribution < 1.29 is 27.5 Å². The number of halogens is 1. The van der Waals surface area contributed by atoms with Crippen molar-refractivity contribution >= 4 is 48.7 Å². The largest absolute Gasteiger partial charge is 0.468 e. The lowest BCUT2D eigenvalue weighted by Gasteiger charge is -2.37. The van der Waals surface area contributed by atoms with Gasteiger partial charge in [0.1, 0.15) is 5.60 Å². The van der Waals surface area contributed by atoms with Gasteiger partial charge in [-0.1, -0.05) is 34.1 Å². The maximum atomic E-state index is 13.9. The average Bonchev–Trinajstić information content (AvgIpc) is 3.15. The summed E-state index contributed by atoms with van der Waals surface area (Å²) in [5.41, 5.74) is 1.58. The lowest BCUT2D eigenvalue weighted by atomic mass is 9.79. The van der Waals surface area contributed by atoms with E-state index in [1.807, 2.05) is 18.2 Å². The Morgan fingerprint density at radius 1 is 1.06 bits per heavy atom. The Balaban J connectivity index is 1.89. The van der Waals surface area contributed by atoms with E-state index in [0.717, 1.165) is 15.4 Å². The van der Waals surface area contributed by atoms with Crippen molar-refractivity contribution in [2.45, 2.75) is 62.2 Å². The van der Waals surface area contributed by atoms with Gasteiger partial charge < -0.3 is 9.47 Å². The number of esters is 1. The number of aromatic nitrogens is 1. The van der Waals surface area contributed by atoms with Gasteiger partial charge in [0.05, 0.1) is 17.5 Å². The van der Waals surface area contributed by atoms with Crippen LogP contribution in [0.15, 0.2) is 57.9 Å². The van der Waals surface area contributed by atoms with Gasteiger partial charge in [0.2, 0.25) is 0 Å². The summed E-state index contributed by atoms with van der Waals surface area (Å²) in [6, 6.07) is 13.6. The predicted molar refractivity (Wildman–Crippen MR) is 141 cm³/mol. The van der Waals surface area contributed by atoms with Crippen LogP contribution in [0.25, 0.3) is 10.9 Å². The molecule has 1 aliphatic rings. The van der Waals surface area contributed by atoms with Crippen LogP contribution in [0.5, 0.6) is 0 Å². The minimum atomic E-state index is -4.12. The second-order valence-corrected chi connectivity index (χ2v) is 13.5. The van der Waals surface area contributed by atoms with E-state index < -0.39 is 38.2 Å². The SMILES string of the molecule is COC(=O)C(C)(C1CCc2c(n(C(=O)OC(C)(C)C)c3ccc(Br)cc23)C1)S(=O)(=O)c1ccccc1. The molecule has 1 aromatic heterocycles. The van der Waals surface area contributed by atoms with E-state index in [0.29, 0.717) is 24.1 Å². The van der Waals surface area contributed by atoms with Crippen molar-refractivity contribution in [2.75, 3.05) is 7.11 Å². The molecule has 4 rings (SSSR count). The van der Waals surface area contributed by atoms with Crippen LogP contribution in [-0.2, 0) is 36.9 Å². The molecule has 36 heavy (non-hydrogen) atoms. The van der Waals surface area contributed by atoms with E-state index in [-0.39, 0.29) is 11.3 Å². The number of nitrogens with zero attached hydrogens (tertiary/aromatic N) is 1. The van der Waals surface area contributed by atoms with Gasteiger partial charge in [-0.2, -0.15) is 0 Å². The maximum absolute atomic E-state index is 13.9. The molecule has 3 aromatic rings. The number of rotatable bonds is 4. The first-order chi connectivity index (χ1) is 16.8. The fraction of sp³-hybridized carbons (Fsp3) is 0.407. The second-order valence-electron chi connectivity index (χ2n) is 10.3. The molecule has 192 valence electrons. The van der Waals surface area contributed by atoms with Gasteiger partial charge in [-0.25, -0.2) is 17.8 Å². The van der Waals surface area contributed by atoms with Crippen LogP contribution in [0.4, 0.5) is 4.79 Å². The van der Waals surface area contributed by atoms with Gasteiger partial charge in [0, 0.05) is 15.6 Å². The van der Waals surface area contributed by atoms with Crippen molar-refractivity contribution in [2.24, 2.45) is 5.92 Å². The minimum absolute atomic E-state index is 0.0558. The number of benzene rings is 2. The molecule has 2 atom stereocenters. The first-order valence-corrected chi connectivity index (χ1v) is 14.0. The van der Waals surface area contributed by atoms with Crippen LogP contribution in [0.2, 0.25) is 0 Å². The molecule has 0 radical (unpaired) electrons. The van der Waals surface area contributed by atoms with Gasteiger partial charge in [0.25, 0.3) is 0 Å². The number of methoxy groups -OCH3 is 1. The summed E-state index contributed by atoms with van der Waals surface area (Å²) in [7, 11) is -2.92. The second kappa shape index (κ2) is 9.34. The van der Waals surface area contributed by atoms with Crippen molar-refractivity contribution in [3.8, 4) is 0 Å². The lowest BCUT2D eigenvalue weighted by Crippen LogP contribution is -2.52. The molecule has 2 unspecified atom stereocenters. The van der Waals surface area contributed by atoms with Crippen LogP contribution in [0, 0.1) is 5.92 Å². The van der Waals surface area contributed by atoms with Gasteiger partial charge in [0.15, 0.2) is 14.6 Å². The number of fused-ring (bicyclic) bond motifs is 3. The zero-order valence-electron chi connectivity index (χ0n) is 21.0. The number of hydrogen-bond donors (Lipinski definition) is 0. The Bertz CT molecular complexity index is 1440. The molecular formula is C27H30BrNO6S. The Morgan fingerprint density at radius 3 is 2.33 bits per heavy atom. The molecule has 0 N–H and O–H groups in total. The van der Waals surface area contributed by atoms with Crippen molar-refractivity contribution in [1.82, 2.24) is 4.57 Å². The standard InChI is InChI=1S/C27H30BrNO6S/c1-26(2,3)35-25(31)29-22-14-12-18(28)16-21(22)20-13-11-17(15-23(20)29)27(4,24(30)34-5)36(32,33)19-9-7-6-8-10-19/h6-10,12,14,16-17H,11,13,15H2,1-5H3. The van der Waals surface area contributed by atoms with Crippen LogP contribution < -0.4 is 0 Å². The summed E-state index contributed by atoms with van der Waals surface area (Å²) in [6.07, 6.45) is 0.588.